The maximum absolute atomic E-state index is 4.32. The van der Waals surface area contributed by atoms with Crippen LogP contribution in [0.2, 0.25) is 0 Å². The molecule has 0 atom stereocenters. The Kier molecular flexibility index (Phi) is 4.84. The molecule has 76 valence electrons. The summed E-state index contributed by atoms with van der Waals surface area (Å²) in [6, 6.07) is 0.694. The zero-order chi connectivity index (χ0) is 9.68. The first kappa shape index (κ1) is 11.1. The average molecular weight is 200 g/mol. The van der Waals surface area contributed by atoms with E-state index < -0.39 is 0 Å². The third kappa shape index (κ3) is 4.69. The van der Waals surface area contributed by atoms with Gasteiger partial charge >= 0.3 is 0 Å². The van der Waals surface area contributed by atoms with Crippen LogP contribution in [0.4, 0.5) is 0 Å². The van der Waals surface area contributed by atoms with Crippen LogP contribution in [0.5, 0.6) is 0 Å². The molecule has 1 N–H and O–H groups in total. The van der Waals surface area contributed by atoms with Crippen LogP contribution in [0.25, 0.3) is 0 Å². The van der Waals surface area contributed by atoms with Gasteiger partial charge in [0.05, 0.1) is 0 Å². The van der Waals surface area contributed by atoms with Crippen molar-refractivity contribution in [2.24, 2.45) is 0 Å². The lowest BCUT2D eigenvalue weighted by atomic mass is 10.1. The van der Waals surface area contributed by atoms with Gasteiger partial charge in [-0.05, 0) is 26.7 Å². The zero-order valence-corrected chi connectivity index (χ0v) is 9.48. The van der Waals surface area contributed by atoms with Crippen molar-refractivity contribution in [1.29, 1.82) is 0 Å². The number of allylic oxidation sites excluding steroid dienone is 1. The number of hydrogen-bond donors (Lipinski definition) is 2. The second kappa shape index (κ2) is 5.68. The van der Waals surface area contributed by atoms with Gasteiger partial charge in [0.1, 0.15) is 0 Å². The van der Waals surface area contributed by atoms with Gasteiger partial charge in [0.2, 0.25) is 0 Å². The van der Waals surface area contributed by atoms with Crippen LogP contribution in [0.3, 0.4) is 0 Å². The molecule has 1 saturated heterocycles. The van der Waals surface area contributed by atoms with E-state index in [-0.39, 0.29) is 0 Å². The van der Waals surface area contributed by atoms with E-state index in [2.05, 4.69) is 42.4 Å². The second-order valence-corrected chi connectivity index (χ2v) is 4.48. The standard InChI is InChI=1S/C10H20N2S/c1-9(2)3-6-11-10-4-7-12(13)8-5-10/h3,10-11,13H,4-8H2,1-2H3. The third-order valence-electron chi connectivity index (χ3n) is 2.39. The van der Waals surface area contributed by atoms with Crippen molar-refractivity contribution < 1.29 is 0 Å². The molecule has 13 heavy (non-hydrogen) atoms. The Balaban J connectivity index is 2.12. The number of thiol groups is 1. The highest BCUT2D eigenvalue weighted by Gasteiger charge is 2.15. The predicted octanol–water partition coefficient (Wildman–Crippen LogP) is 1.85. The summed E-state index contributed by atoms with van der Waals surface area (Å²) in [7, 11) is 0. The molecule has 0 spiro atoms. The Morgan fingerprint density at radius 3 is 2.62 bits per heavy atom. The predicted molar refractivity (Wildman–Crippen MR) is 61.0 cm³/mol. The molecule has 2 nitrogen and oxygen atoms in total. The van der Waals surface area contributed by atoms with E-state index in [4.69, 9.17) is 0 Å². The topological polar surface area (TPSA) is 15.3 Å². The number of nitrogens with zero attached hydrogens (tertiary/aromatic N) is 1. The molecule has 1 aliphatic rings. The first-order chi connectivity index (χ1) is 6.18. The van der Waals surface area contributed by atoms with Crippen molar-refractivity contribution in [3.8, 4) is 0 Å². The lowest BCUT2D eigenvalue weighted by molar-refractivity contribution is 0.317. The minimum absolute atomic E-state index is 0.694. The fourth-order valence-corrected chi connectivity index (χ4v) is 1.73. The minimum atomic E-state index is 0.694. The molecule has 1 aliphatic heterocycles. The van der Waals surface area contributed by atoms with Gasteiger partial charge in [-0.15, -0.1) is 0 Å². The fraction of sp³-hybridized carbons (Fsp3) is 0.800. The Labute approximate surface area is 86.9 Å². The number of hydrogen-bond acceptors (Lipinski definition) is 3. The highest BCUT2D eigenvalue weighted by molar-refractivity contribution is 7.77. The van der Waals surface area contributed by atoms with E-state index in [9.17, 15) is 0 Å². The van der Waals surface area contributed by atoms with Gasteiger partial charge in [0.15, 0.2) is 0 Å². The zero-order valence-electron chi connectivity index (χ0n) is 8.58. The van der Waals surface area contributed by atoms with Crippen LogP contribution < -0.4 is 5.32 Å². The van der Waals surface area contributed by atoms with Crippen molar-refractivity contribution in [2.75, 3.05) is 19.6 Å². The van der Waals surface area contributed by atoms with Gasteiger partial charge < -0.3 is 5.32 Å². The van der Waals surface area contributed by atoms with Gasteiger partial charge in [-0.1, -0.05) is 24.5 Å². The van der Waals surface area contributed by atoms with Crippen molar-refractivity contribution in [3.05, 3.63) is 11.6 Å². The lowest BCUT2D eigenvalue weighted by Gasteiger charge is -2.28. The molecule has 0 aliphatic carbocycles. The molecule has 0 unspecified atom stereocenters. The highest BCUT2D eigenvalue weighted by atomic mass is 32.1. The summed E-state index contributed by atoms with van der Waals surface area (Å²) < 4.78 is 2.10. The summed E-state index contributed by atoms with van der Waals surface area (Å²) in [5, 5.41) is 3.54. The molecule has 3 heteroatoms. The van der Waals surface area contributed by atoms with Crippen LogP contribution in [0.1, 0.15) is 26.7 Å². The van der Waals surface area contributed by atoms with Crippen LogP contribution in [-0.4, -0.2) is 30.0 Å². The summed E-state index contributed by atoms with van der Waals surface area (Å²) in [5.74, 6) is 0. The number of piperidine rings is 1. The summed E-state index contributed by atoms with van der Waals surface area (Å²) >= 11 is 4.32. The third-order valence-corrected chi connectivity index (χ3v) is 2.79. The second-order valence-electron chi connectivity index (χ2n) is 3.92. The Morgan fingerprint density at radius 2 is 2.08 bits per heavy atom. The lowest BCUT2D eigenvalue weighted by Crippen LogP contribution is -2.39. The SMILES string of the molecule is CC(C)=CCNC1CCN(S)CC1. The van der Waals surface area contributed by atoms with E-state index in [1.165, 1.54) is 18.4 Å². The van der Waals surface area contributed by atoms with Crippen molar-refractivity contribution in [3.63, 3.8) is 0 Å². The molecular formula is C10H20N2S. The van der Waals surface area contributed by atoms with Gasteiger partial charge in [0, 0.05) is 25.7 Å². The summed E-state index contributed by atoms with van der Waals surface area (Å²) in [6.45, 7) is 7.50. The van der Waals surface area contributed by atoms with Gasteiger partial charge in [0.25, 0.3) is 0 Å². The molecule has 0 aromatic heterocycles. The largest absolute Gasteiger partial charge is 0.310 e. The first-order valence-electron chi connectivity index (χ1n) is 4.99. The monoisotopic (exact) mass is 200 g/mol. The first-order valence-corrected chi connectivity index (χ1v) is 5.39. The quantitative estimate of drug-likeness (QED) is 0.534. The highest BCUT2D eigenvalue weighted by Crippen LogP contribution is 2.11. The van der Waals surface area contributed by atoms with Crippen LogP contribution >= 0.6 is 12.8 Å². The molecular weight excluding hydrogens is 180 g/mol. The Bertz CT molecular complexity index is 168. The van der Waals surface area contributed by atoms with Gasteiger partial charge in [-0.2, -0.15) is 0 Å². The van der Waals surface area contributed by atoms with Gasteiger partial charge in [-0.3, -0.25) is 4.31 Å². The smallest absolute Gasteiger partial charge is 0.0139 e. The molecule has 0 amide bonds. The summed E-state index contributed by atoms with van der Waals surface area (Å²) in [6.07, 6.45) is 4.69. The van der Waals surface area contributed by atoms with Crippen molar-refractivity contribution in [1.82, 2.24) is 9.62 Å². The molecule has 0 saturated carbocycles. The van der Waals surface area contributed by atoms with Gasteiger partial charge in [-0.25, -0.2) is 0 Å². The molecule has 0 aromatic carbocycles. The molecule has 1 heterocycles. The normalized spacial score (nSPS) is 20.2. The van der Waals surface area contributed by atoms with Crippen LogP contribution in [-0.2, 0) is 0 Å². The summed E-state index contributed by atoms with van der Waals surface area (Å²) in [4.78, 5) is 0. The molecule has 0 radical (unpaired) electrons. The number of rotatable bonds is 3. The maximum Gasteiger partial charge on any atom is 0.0139 e. The van der Waals surface area contributed by atoms with Crippen molar-refractivity contribution >= 4 is 12.8 Å². The fourth-order valence-electron chi connectivity index (χ4n) is 1.50. The van der Waals surface area contributed by atoms with E-state index in [0.717, 1.165) is 19.6 Å². The average Bonchev–Trinajstić information content (AvgIpc) is 2.08. The molecule has 0 aromatic rings. The Hall–Kier alpha value is 0.0100. The molecule has 1 fully saturated rings. The van der Waals surface area contributed by atoms with E-state index in [1.54, 1.807) is 0 Å². The Morgan fingerprint density at radius 1 is 1.46 bits per heavy atom. The molecule has 1 rings (SSSR count). The number of nitrogens with one attached hydrogen (secondary N) is 1. The van der Waals surface area contributed by atoms with E-state index in [1.807, 2.05) is 0 Å². The van der Waals surface area contributed by atoms with E-state index >= 15 is 0 Å². The maximum atomic E-state index is 4.32. The van der Waals surface area contributed by atoms with Crippen LogP contribution in [0.15, 0.2) is 11.6 Å². The molecule has 0 bridgehead atoms. The van der Waals surface area contributed by atoms with Crippen molar-refractivity contribution in [2.45, 2.75) is 32.7 Å². The van der Waals surface area contributed by atoms with E-state index in [0.29, 0.717) is 6.04 Å². The van der Waals surface area contributed by atoms with Crippen LogP contribution in [0, 0.1) is 0 Å². The summed E-state index contributed by atoms with van der Waals surface area (Å²) in [5.41, 5.74) is 1.39. The minimum Gasteiger partial charge on any atom is -0.310 e.